The molecule has 0 heterocycles. The Balaban J connectivity index is 2.12. The average molecular weight is 401 g/mol. The number of nitriles is 1. The van der Waals surface area contributed by atoms with Gasteiger partial charge in [-0.2, -0.15) is 5.26 Å². The Morgan fingerprint density at radius 1 is 1.20 bits per heavy atom. The zero-order valence-corrected chi connectivity index (χ0v) is 15.5. The number of methoxy groups -OCH3 is 2. The molecule has 0 spiro atoms. The van der Waals surface area contributed by atoms with Crippen LogP contribution in [0.2, 0.25) is 0 Å². The summed E-state index contributed by atoms with van der Waals surface area (Å²) >= 11 is 3.37. The smallest absolute Gasteiger partial charge is 0.262 e. The lowest BCUT2D eigenvalue weighted by Gasteiger charge is -2.08. The minimum Gasteiger partial charge on any atom is -0.497 e. The van der Waals surface area contributed by atoms with E-state index in [1.165, 1.54) is 13.2 Å². The van der Waals surface area contributed by atoms with Gasteiger partial charge in [-0.1, -0.05) is 28.1 Å². The first kappa shape index (κ1) is 18.6. The summed E-state index contributed by atoms with van der Waals surface area (Å²) in [6.45, 7) is 0.317. The molecule has 2 aromatic carbocycles. The fourth-order valence-corrected chi connectivity index (χ4v) is 2.52. The molecule has 0 unspecified atom stereocenters. The Bertz CT molecular complexity index is 824. The van der Waals surface area contributed by atoms with Crippen molar-refractivity contribution >= 4 is 27.9 Å². The molecular weight excluding hydrogens is 384 g/mol. The quantitative estimate of drug-likeness (QED) is 0.592. The predicted octanol–water partition coefficient (Wildman–Crippen LogP) is 3.69. The molecule has 0 aliphatic carbocycles. The highest BCUT2D eigenvalue weighted by atomic mass is 79.9. The Morgan fingerprint density at radius 3 is 2.52 bits per heavy atom. The lowest BCUT2D eigenvalue weighted by molar-refractivity contribution is -0.117. The summed E-state index contributed by atoms with van der Waals surface area (Å²) in [6, 6.07) is 14.6. The van der Waals surface area contributed by atoms with Crippen LogP contribution in [0.3, 0.4) is 0 Å². The average Bonchev–Trinajstić information content (AvgIpc) is 2.64. The van der Waals surface area contributed by atoms with Crippen LogP contribution in [0.25, 0.3) is 6.08 Å². The van der Waals surface area contributed by atoms with Gasteiger partial charge in [-0.25, -0.2) is 0 Å². The Morgan fingerprint density at radius 2 is 1.92 bits per heavy atom. The molecule has 2 aromatic rings. The van der Waals surface area contributed by atoms with E-state index in [-0.39, 0.29) is 5.57 Å². The molecule has 0 fully saturated rings. The van der Waals surface area contributed by atoms with Crippen LogP contribution in [0, 0.1) is 11.3 Å². The van der Waals surface area contributed by atoms with Crippen LogP contribution in [0.15, 0.2) is 52.5 Å². The van der Waals surface area contributed by atoms with E-state index in [0.717, 1.165) is 15.8 Å². The van der Waals surface area contributed by atoms with Gasteiger partial charge in [-0.05, 0) is 42.0 Å². The van der Waals surface area contributed by atoms with Gasteiger partial charge in [-0.15, -0.1) is 0 Å². The highest BCUT2D eigenvalue weighted by Gasteiger charge is 2.11. The van der Waals surface area contributed by atoms with Gasteiger partial charge in [0.25, 0.3) is 5.91 Å². The van der Waals surface area contributed by atoms with Crippen molar-refractivity contribution in [1.82, 2.24) is 5.32 Å². The lowest BCUT2D eigenvalue weighted by Crippen LogP contribution is -2.23. The minimum atomic E-state index is -0.444. The first-order valence-corrected chi connectivity index (χ1v) is 8.23. The fraction of sp³-hybridized carbons (Fsp3) is 0.158. The van der Waals surface area contributed by atoms with E-state index in [1.54, 1.807) is 19.2 Å². The monoisotopic (exact) mass is 400 g/mol. The molecule has 25 heavy (non-hydrogen) atoms. The van der Waals surface area contributed by atoms with Gasteiger partial charge in [0.15, 0.2) is 0 Å². The molecule has 6 heteroatoms. The molecule has 0 atom stereocenters. The number of hydrogen-bond donors (Lipinski definition) is 1. The molecule has 1 amide bonds. The molecule has 0 aromatic heterocycles. The number of carbonyl (C=O) groups is 1. The Labute approximate surface area is 155 Å². The summed E-state index contributed by atoms with van der Waals surface area (Å²) in [4.78, 5) is 12.3. The molecule has 0 aliphatic rings. The highest BCUT2D eigenvalue weighted by Crippen LogP contribution is 2.25. The zero-order valence-electron chi connectivity index (χ0n) is 13.9. The molecule has 0 saturated heterocycles. The third-order valence-corrected chi connectivity index (χ3v) is 3.96. The molecule has 0 saturated carbocycles. The van der Waals surface area contributed by atoms with E-state index in [4.69, 9.17) is 9.47 Å². The molecule has 0 radical (unpaired) electrons. The van der Waals surface area contributed by atoms with Crippen LogP contribution >= 0.6 is 15.9 Å². The topological polar surface area (TPSA) is 71.3 Å². The number of carbonyl (C=O) groups excluding carboxylic acids is 1. The van der Waals surface area contributed by atoms with E-state index >= 15 is 0 Å². The van der Waals surface area contributed by atoms with Crippen molar-refractivity contribution in [1.29, 1.82) is 5.26 Å². The second-order valence-electron chi connectivity index (χ2n) is 5.09. The molecule has 5 nitrogen and oxygen atoms in total. The summed E-state index contributed by atoms with van der Waals surface area (Å²) in [5.74, 6) is 0.883. The number of ether oxygens (including phenoxy) is 2. The van der Waals surface area contributed by atoms with Crippen LogP contribution in [0.1, 0.15) is 11.1 Å². The maximum Gasteiger partial charge on any atom is 0.262 e. The van der Waals surface area contributed by atoms with Gasteiger partial charge in [0.1, 0.15) is 23.1 Å². The second-order valence-corrected chi connectivity index (χ2v) is 6.00. The van der Waals surface area contributed by atoms with Gasteiger partial charge in [0.2, 0.25) is 0 Å². The van der Waals surface area contributed by atoms with E-state index in [0.29, 0.717) is 17.9 Å². The highest BCUT2D eigenvalue weighted by molar-refractivity contribution is 9.10. The number of rotatable bonds is 6. The summed E-state index contributed by atoms with van der Waals surface area (Å²) in [7, 11) is 3.13. The third kappa shape index (κ3) is 5.10. The van der Waals surface area contributed by atoms with E-state index in [2.05, 4.69) is 21.2 Å². The van der Waals surface area contributed by atoms with Crippen LogP contribution in [-0.4, -0.2) is 20.1 Å². The lowest BCUT2D eigenvalue weighted by atomic mass is 10.1. The van der Waals surface area contributed by atoms with E-state index in [9.17, 15) is 10.1 Å². The van der Waals surface area contributed by atoms with Gasteiger partial charge >= 0.3 is 0 Å². The first-order valence-electron chi connectivity index (χ1n) is 7.44. The third-order valence-electron chi connectivity index (χ3n) is 3.47. The zero-order chi connectivity index (χ0) is 18.2. The maximum atomic E-state index is 12.3. The van der Waals surface area contributed by atoms with Crippen molar-refractivity contribution in [2.75, 3.05) is 14.2 Å². The normalized spacial score (nSPS) is 10.7. The van der Waals surface area contributed by atoms with Gasteiger partial charge in [-0.3, -0.25) is 4.79 Å². The standard InChI is InChI=1S/C19H17BrN2O3/c1-24-17-6-3-13(4-7-17)12-22-19(23)15(11-21)9-14-10-16(20)5-8-18(14)25-2/h3-10H,12H2,1-2H3,(H,22,23)/b15-9-. The minimum absolute atomic E-state index is 0.00455. The first-order chi connectivity index (χ1) is 12.1. The Hall–Kier alpha value is -2.78. The number of benzene rings is 2. The van der Waals surface area contributed by atoms with E-state index < -0.39 is 5.91 Å². The molecule has 128 valence electrons. The summed E-state index contributed by atoms with van der Waals surface area (Å²) < 4.78 is 11.2. The van der Waals surface area contributed by atoms with Gasteiger partial charge < -0.3 is 14.8 Å². The SMILES string of the molecule is COc1ccc(CNC(=O)/C(C#N)=C\c2cc(Br)ccc2OC)cc1. The number of nitrogens with zero attached hydrogens (tertiary/aromatic N) is 1. The summed E-state index contributed by atoms with van der Waals surface area (Å²) in [5, 5.41) is 12.0. The molecule has 0 aliphatic heterocycles. The van der Waals surface area contributed by atoms with Crippen LogP contribution < -0.4 is 14.8 Å². The maximum absolute atomic E-state index is 12.3. The van der Waals surface area contributed by atoms with Crippen molar-refractivity contribution < 1.29 is 14.3 Å². The van der Waals surface area contributed by atoms with Crippen molar-refractivity contribution in [2.45, 2.75) is 6.54 Å². The van der Waals surface area contributed by atoms with Crippen molar-refractivity contribution in [3.8, 4) is 17.6 Å². The number of nitrogens with one attached hydrogen (secondary N) is 1. The fourth-order valence-electron chi connectivity index (χ4n) is 2.14. The van der Waals surface area contributed by atoms with Crippen LogP contribution in [-0.2, 0) is 11.3 Å². The number of halogens is 1. The predicted molar refractivity (Wildman–Crippen MR) is 99.1 cm³/mol. The van der Waals surface area contributed by atoms with Crippen LogP contribution in [0.5, 0.6) is 11.5 Å². The van der Waals surface area contributed by atoms with Gasteiger partial charge in [0.05, 0.1) is 14.2 Å². The molecule has 1 N–H and O–H groups in total. The van der Waals surface area contributed by atoms with Crippen LogP contribution in [0.4, 0.5) is 0 Å². The number of hydrogen-bond acceptors (Lipinski definition) is 4. The second kappa shape index (κ2) is 8.90. The molecule has 2 rings (SSSR count). The largest absolute Gasteiger partial charge is 0.497 e. The van der Waals surface area contributed by atoms with Crippen molar-refractivity contribution in [3.05, 3.63) is 63.6 Å². The van der Waals surface area contributed by atoms with Crippen molar-refractivity contribution in [3.63, 3.8) is 0 Å². The Kier molecular flexibility index (Phi) is 6.61. The molecular formula is C19H17BrN2O3. The van der Waals surface area contributed by atoms with Crippen molar-refractivity contribution in [2.24, 2.45) is 0 Å². The van der Waals surface area contributed by atoms with Gasteiger partial charge in [0, 0.05) is 16.6 Å². The molecule has 0 bridgehead atoms. The number of amides is 1. The summed E-state index contributed by atoms with van der Waals surface area (Å²) in [6.07, 6.45) is 1.51. The van der Waals surface area contributed by atoms with E-state index in [1.807, 2.05) is 36.4 Å². The summed E-state index contributed by atoms with van der Waals surface area (Å²) in [5.41, 5.74) is 1.56.